The van der Waals surface area contributed by atoms with Crippen molar-refractivity contribution in [2.75, 3.05) is 32.6 Å². The molecule has 4 nitrogen and oxygen atoms in total. The van der Waals surface area contributed by atoms with Crippen LogP contribution in [-0.2, 0) is 6.54 Å². The summed E-state index contributed by atoms with van der Waals surface area (Å²) in [4.78, 5) is 7.64. The standard InChI is InChI=1S/C14H27N3OS/c1-11(2)8-6-7-9-15-10-12-13(18-5)16-14(19-12)17(3)4/h11,15H,6-10H2,1-5H3. The smallest absolute Gasteiger partial charge is 0.230 e. The van der Waals surface area contributed by atoms with E-state index < -0.39 is 0 Å². The van der Waals surface area contributed by atoms with Gasteiger partial charge >= 0.3 is 0 Å². The van der Waals surface area contributed by atoms with Gasteiger partial charge in [0.25, 0.3) is 0 Å². The zero-order chi connectivity index (χ0) is 14.3. The quantitative estimate of drug-likeness (QED) is 0.707. The molecule has 0 spiro atoms. The van der Waals surface area contributed by atoms with Crippen molar-refractivity contribution in [3.8, 4) is 5.88 Å². The third-order valence-corrected chi connectivity index (χ3v) is 4.10. The van der Waals surface area contributed by atoms with Crippen LogP contribution in [0.4, 0.5) is 5.13 Å². The van der Waals surface area contributed by atoms with Gasteiger partial charge in [-0.3, -0.25) is 0 Å². The molecule has 0 radical (unpaired) electrons. The third-order valence-electron chi connectivity index (χ3n) is 2.90. The molecule has 0 aliphatic rings. The zero-order valence-electron chi connectivity index (χ0n) is 12.8. The van der Waals surface area contributed by atoms with Gasteiger partial charge in [0.15, 0.2) is 5.13 Å². The molecule has 1 N–H and O–H groups in total. The van der Waals surface area contributed by atoms with Crippen molar-refractivity contribution in [3.05, 3.63) is 4.88 Å². The maximum Gasteiger partial charge on any atom is 0.230 e. The fourth-order valence-corrected chi connectivity index (χ4v) is 2.71. The minimum atomic E-state index is 0.753. The zero-order valence-corrected chi connectivity index (χ0v) is 13.6. The summed E-state index contributed by atoms with van der Waals surface area (Å²) in [6.45, 7) is 6.46. The molecule has 1 heterocycles. The fourth-order valence-electron chi connectivity index (χ4n) is 1.79. The van der Waals surface area contributed by atoms with Gasteiger partial charge in [-0.25, -0.2) is 0 Å². The van der Waals surface area contributed by atoms with Gasteiger partial charge in [-0.1, -0.05) is 38.0 Å². The molecule has 5 heteroatoms. The van der Waals surface area contributed by atoms with E-state index in [0.717, 1.165) is 30.0 Å². The molecule has 0 aromatic carbocycles. The van der Waals surface area contributed by atoms with E-state index in [2.05, 4.69) is 24.1 Å². The lowest BCUT2D eigenvalue weighted by molar-refractivity contribution is 0.394. The average molecular weight is 285 g/mol. The monoisotopic (exact) mass is 285 g/mol. The number of nitrogens with zero attached hydrogens (tertiary/aromatic N) is 2. The van der Waals surface area contributed by atoms with E-state index in [4.69, 9.17) is 4.74 Å². The van der Waals surface area contributed by atoms with Crippen LogP contribution in [0.15, 0.2) is 0 Å². The number of methoxy groups -OCH3 is 1. The van der Waals surface area contributed by atoms with Crippen LogP contribution in [0.3, 0.4) is 0 Å². The van der Waals surface area contributed by atoms with E-state index in [0.29, 0.717) is 0 Å². The van der Waals surface area contributed by atoms with Gasteiger partial charge in [0, 0.05) is 20.6 Å². The van der Waals surface area contributed by atoms with Crippen LogP contribution >= 0.6 is 11.3 Å². The third kappa shape index (κ3) is 5.78. The van der Waals surface area contributed by atoms with E-state index in [-0.39, 0.29) is 0 Å². The highest BCUT2D eigenvalue weighted by Gasteiger charge is 2.12. The number of unbranched alkanes of at least 4 members (excludes halogenated alkanes) is 1. The Morgan fingerprint density at radius 1 is 1.32 bits per heavy atom. The van der Waals surface area contributed by atoms with Crippen LogP contribution in [0.5, 0.6) is 5.88 Å². The number of nitrogens with one attached hydrogen (secondary N) is 1. The number of thiazole rings is 1. The number of aromatic nitrogens is 1. The van der Waals surface area contributed by atoms with Crippen molar-refractivity contribution in [1.29, 1.82) is 0 Å². The minimum absolute atomic E-state index is 0.753. The molecule has 1 aromatic rings. The number of hydrogen-bond donors (Lipinski definition) is 1. The molecule has 0 amide bonds. The maximum absolute atomic E-state index is 5.32. The van der Waals surface area contributed by atoms with E-state index in [1.165, 1.54) is 24.1 Å². The van der Waals surface area contributed by atoms with Crippen molar-refractivity contribution < 1.29 is 4.74 Å². The Balaban J connectivity index is 2.32. The van der Waals surface area contributed by atoms with Gasteiger partial charge in [0.2, 0.25) is 5.88 Å². The number of rotatable bonds is 9. The molecule has 19 heavy (non-hydrogen) atoms. The Morgan fingerprint density at radius 2 is 2.05 bits per heavy atom. The lowest BCUT2D eigenvalue weighted by atomic mass is 10.1. The highest BCUT2D eigenvalue weighted by Crippen LogP contribution is 2.30. The Bertz CT molecular complexity index is 364. The van der Waals surface area contributed by atoms with Crippen molar-refractivity contribution in [3.63, 3.8) is 0 Å². The number of anilines is 1. The SMILES string of the molecule is COc1nc(N(C)C)sc1CNCCCCC(C)C. The number of hydrogen-bond acceptors (Lipinski definition) is 5. The molecule has 110 valence electrons. The molecule has 1 rings (SSSR count). The largest absolute Gasteiger partial charge is 0.480 e. The molecule has 0 aliphatic heterocycles. The first-order chi connectivity index (χ1) is 9.04. The maximum atomic E-state index is 5.32. The van der Waals surface area contributed by atoms with Crippen molar-refractivity contribution >= 4 is 16.5 Å². The number of ether oxygens (including phenoxy) is 1. The molecule has 1 aromatic heterocycles. The van der Waals surface area contributed by atoms with E-state index in [1.807, 2.05) is 19.0 Å². The van der Waals surface area contributed by atoms with Gasteiger partial charge in [-0.15, -0.1) is 0 Å². The summed E-state index contributed by atoms with van der Waals surface area (Å²) in [5.74, 6) is 1.56. The second-order valence-corrected chi connectivity index (χ2v) is 6.45. The molecular weight excluding hydrogens is 258 g/mol. The van der Waals surface area contributed by atoms with E-state index in [1.54, 1.807) is 18.4 Å². The molecule has 0 saturated heterocycles. The topological polar surface area (TPSA) is 37.4 Å². The molecule has 0 unspecified atom stereocenters. The Hall–Kier alpha value is -0.810. The second kappa shape index (κ2) is 8.38. The lowest BCUT2D eigenvalue weighted by Gasteiger charge is -2.06. The fraction of sp³-hybridized carbons (Fsp3) is 0.786. The highest BCUT2D eigenvalue weighted by molar-refractivity contribution is 7.15. The normalized spacial score (nSPS) is 11.1. The average Bonchev–Trinajstić information content (AvgIpc) is 2.76. The molecule has 0 bridgehead atoms. The summed E-state index contributed by atoms with van der Waals surface area (Å²) >= 11 is 1.69. The van der Waals surface area contributed by atoms with Crippen LogP contribution in [0, 0.1) is 5.92 Å². The summed E-state index contributed by atoms with van der Waals surface area (Å²) in [6.07, 6.45) is 3.85. The lowest BCUT2D eigenvalue weighted by Crippen LogP contribution is -2.14. The van der Waals surface area contributed by atoms with Gasteiger partial charge in [-0.2, -0.15) is 4.98 Å². The van der Waals surface area contributed by atoms with Crippen LogP contribution in [-0.4, -0.2) is 32.7 Å². The predicted octanol–water partition coefficient (Wildman–Crippen LogP) is 3.13. The van der Waals surface area contributed by atoms with Crippen LogP contribution in [0.2, 0.25) is 0 Å². The molecule has 0 atom stereocenters. The first-order valence-corrected chi connectivity index (χ1v) is 7.78. The first kappa shape index (κ1) is 16.2. The van der Waals surface area contributed by atoms with Crippen molar-refractivity contribution in [2.45, 2.75) is 39.7 Å². The summed E-state index contributed by atoms with van der Waals surface area (Å²) in [6, 6.07) is 0. The van der Waals surface area contributed by atoms with E-state index >= 15 is 0 Å². The Labute approximate surface area is 121 Å². The first-order valence-electron chi connectivity index (χ1n) is 6.96. The summed E-state index contributed by atoms with van der Waals surface area (Å²) < 4.78 is 5.32. The Kier molecular flexibility index (Phi) is 7.16. The molecule has 0 saturated carbocycles. The van der Waals surface area contributed by atoms with Crippen LogP contribution in [0.1, 0.15) is 38.0 Å². The van der Waals surface area contributed by atoms with Crippen LogP contribution < -0.4 is 15.0 Å². The van der Waals surface area contributed by atoms with Gasteiger partial charge in [0.05, 0.1) is 12.0 Å². The predicted molar refractivity (Wildman–Crippen MR) is 83.4 cm³/mol. The van der Waals surface area contributed by atoms with Crippen molar-refractivity contribution in [1.82, 2.24) is 10.3 Å². The van der Waals surface area contributed by atoms with Crippen molar-refractivity contribution in [2.24, 2.45) is 5.92 Å². The van der Waals surface area contributed by atoms with Gasteiger partial charge in [0.1, 0.15) is 0 Å². The Morgan fingerprint density at radius 3 is 2.63 bits per heavy atom. The molecule has 0 aliphatic carbocycles. The van der Waals surface area contributed by atoms with Crippen LogP contribution in [0.25, 0.3) is 0 Å². The summed E-state index contributed by atoms with van der Waals surface area (Å²) in [5.41, 5.74) is 0. The van der Waals surface area contributed by atoms with Gasteiger partial charge in [-0.05, 0) is 18.9 Å². The highest BCUT2D eigenvalue weighted by atomic mass is 32.1. The molecular formula is C14H27N3OS. The van der Waals surface area contributed by atoms with E-state index in [9.17, 15) is 0 Å². The summed E-state index contributed by atoms with van der Waals surface area (Å²) in [7, 11) is 5.68. The minimum Gasteiger partial charge on any atom is -0.480 e. The van der Waals surface area contributed by atoms with Gasteiger partial charge < -0.3 is 15.0 Å². The molecule has 0 fully saturated rings. The second-order valence-electron chi connectivity index (χ2n) is 5.39. The summed E-state index contributed by atoms with van der Waals surface area (Å²) in [5, 5.41) is 4.47.